The summed E-state index contributed by atoms with van der Waals surface area (Å²) in [5.74, 6) is 3.51. The molecule has 1 aromatic carbocycles. The lowest BCUT2D eigenvalue weighted by Crippen LogP contribution is -2.00. The minimum Gasteiger partial charge on any atom is -0.461 e. The topological polar surface area (TPSA) is 61.3 Å². The van der Waals surface area contributed by atoms with Gasteiger partial charge in [-0.05, 0) is 25.5 Å². The number of hydrogen-bond donors (Lipinski definition) is 0. The number of ether oxygens (including phenoxy) is 1. The summed E-state index contributed by atoms with van der Waals surface area (Å²) in [6, 6.07) is 12.3. The molecule has 1 aliphatic heterocycles. The van der Waals surface area contributed by atoms with E-state index in [2.05, 4.69) is 41.3 Å². The van der Waals surface area contributed by atoms with E-state index in [1.165, 1.54) is 5.56 Å². The van der Waals surface area contributed by atoms with E-state index in [0.29, 0.717) is 18.9 Å². The molecule has 0 amide bonds. The van der Waals surface area contributed by atoms with Crippen LogP contribution in [-0.2, 0) is 17.6 Å². The molecule has 124 valence electrons. The highest BCUT2D eigenvalue weighted by Gasteiger charge is 2.23. The first-order valence-corrected chi connectivity index (χ1v) is 8.34. The molecule has 1 unspecified atom stereocenters. The molecule has 1 aliphatic rings. The maximum absolute atomic E-state index is 5.93. The molecule has 2 aromatic heterocycles. The molecule has 0 bridgehead atoms. The van der Waals surface area contributed by atoms with Crippen LogP contribution in [0.2, 0.25) is 0 Å². The summed E-state index contributed by atoms with van der Waals surface area (Å²) in [5.41, 5.74) is 2.33. The molecule has 5 heteroatoms. The van der Waals surface area contributed by atoms with Crippen molar-refractivity contribution in [2.75, 3.05) is 13.2 Å². The second kappa shape index (κ2) is 6.61. The van der Waals surface area contributed by atoms with E-state index in [1.54, 1.807) is 0 Å². The summed E-state index contributed by atoms with van der Waals surface area (Å²) in [6.45, 7) is 3.55. The first-order chi connectivity index (χ1) is 11.8. The molecule has 0 radical (unpaired) electrons. The predicted molar refractivity (Wildman–Crippen MR) is 88.8 cm³/mol. The molecule has 1 atom stereocenters. The van der Waals surface area contributed by atoms with Gasteiger partial charge in [0.05, 0.1) is 6.61 Å². The Labute approximate surface area is 140 Å². The standard InChI is InChI=1S/C19H20N2O3/c1-13-2-4-14(5-3-13)17-8-6-16(23-17)7-9-18-20-19(21-24-18)15-10-11-22-12-15/h2-6,8,15H,7,9-12H2,1H3. The van der Waals surface area contributed by atoms with Crippen LogP contribution in [0.1, 0.15) is 35.4 Å². The van der Waals surface area contributed by atoms with Gasteiger partial charge in [0, 0.05) is 30.9 Å². The van der Waals surface area contributed by atoms with Gasteiger partial charge in [-0.2, -0.15) is 4.98 Å². The molecule has 0 aliphatic carbocycles. The lowest BCUT2D eigenvalue weighted by molar-refractivity contribution is 0.192. The van der Waals surface area contributed by atoms with Crippen molar-refractivity contribution in [1.82, 2.24) is 10.1 Å². The van der Waals surface area contributed by atoms with E-state index in [4.69, 9.17) is 13.7 Å². The monoisotopic (exact) mass is 324 g/mol. The summed E-state index contributed by atoms with van der Waals surface area (Å²) < 4.78 is 16.6. The van der Waals surface area contributed by atoms with Crippen molar-refractivity contribution in [3.8, 4) is 11.3 Å². The van der Waals surface area contributed by atoms with Crippen LogP contribution in [0, 0.1) is 6.92 Å². The number of furan rings is 1. The van der Waals surface area contributed by atoms with Crippen molar-refractivity contribution in [3.63, 3.8) is 0 Å². The number of aromatic nitrogens is 2. The zero-order valence-corrected chi connectivity index (χ0v) is 13.7. The number of benzene rings is 1. The van der Waals surface area contributed by atoms with Crippen molar-refractivity contribution < 1.29 is 13.7 Å². The van der Waals surface area contributed by atoms with Crippen LogP contribution in [0.3, 0.4) is 0 Å². The molecule has 3 heterocycles. The van der Waals surface area contributed by atoms with Gasteiger partial charge < -0.3 is 13.7 Å². The fraction of sp³-hybridized carbons (Fsp3) is 0.368. The second-order valence-corrected chi connectivity index (χ2v) is 6.24. The number of aryl methyl sites for hydroxylation is 3. The minimum atomic E-state index is 0.277. The van der Waals surface area contributed by atoms with Crippen molar-refractivity contribution >= 4 is 0 Å². The molecule has 24 heavy (non-hydrogen) atoms. The maximum atomic E-state index is 5.93. The van der Waals surface area contributed by atoms with Gasteiger partial charge in [0.2, 0.25) is 5.89 Å². The quantitative estimate of drug-likeness (QED) is 0.711. The van der Waals surface area contributed by atoms with Gasteiger partial charge in [0.1, 0.15) is 11.5 Å². The first kappa shape index (κ1) is 15.1. The predicted octanol–water partition coefficient (Wildman–Crippen LogP) is 3.93. The van der Waals surface area contributed by atoms with E-state index in [1.807, 2.05) is 12.1 Å². The van der Waals surface area contributed by atoms with Crippen molar-refractivity contribution in [2.24, 2.45) is 0 Å². The lowest BCUT2D eigenvalue weighted by Gasteiger charge is -1.98. The maximum Gasteiger partial charge on any atom is 0.227 e. The molecule has 0 spiro atoms. The molecule has 0 saturated carbocycles. The minimum absolute atomic E-state index is 0.277. The Hall–Kier alpha value is -2.40. The second-order valence-electron chi connectivity index (χ2n) is 6.24. The Morgan fingerprint density at radius 1 is 1.08 bits per heavy atom. The fourth-order valence-electron chi connectivity index (χ4n) is 2.89. The van der Waals surface area contributed by atoms with Crippen LogP contribution in [0.5, 0.6) is 0 Å². The highest BCUT2D eigenvalue weighted by atomic mass is 16.5. The summed E-state index contributed by atoms with van der Waals surface area (Å²) >= 11 is 0. The van der Waals surface area contributed by atoms with Gasteiger partial charge in [-0.1, -0.05) is 35.0 Å². The third-order valence-corrected chi connectivity index (χ3v) is 4.36. The van der Waals surface area contributed by atoms with Gasteiger partial charge in [-0.3, -0.25) is 0 Å². The molecule has 4 rings (SSSR count). The van der Waals surface area contributed by atoms with Crippen LogP contribution < -0.4 is 0 Å². The van der Waals surface area contributed by atoms with Crippen LogP contribution in [0.15, 0.2) is 45.3 Å². The molecule has 3 aromatic rings. The molecule has 1 fully saturated rings. The molecular formula is C19H20N2O3. The zero-order valence-electron chi connectivity index (χ0n) is 13.7. The average molecular weight is 324 g/mol. The summed E-state index contributed by atoms with van der Waals surface area (Å²) in [5, 5.41) is 4.07. The van der Waals surface area contributed by atoms with E-state index in [9.17, 15) is 0 Å². The lowest BCUT2D eigenvalue weighted by atomic mass is 10.1. The van der Waals surface area contributed by atoms with Crippen LogP contribution in [0.25, 0.3) is 11.3 Å². The average Bonchev–Trinajstić information content (AvgIpc) is 3.34. The van der Waals surface area contributed by atoms with Crippen LogP contribution in [0.4, 0.5) is 0 Å². The van der Waals surface area contributed by atoms with E-state index < -0.39 is 0 Å². The SMILES string of the molecule is Cc1ccc(-c2ccc(CCc3nc(C4CCOC4)no3)o2)cc1. The fourth-order valence-corrected chi connectivity index (χ4v) is 2.89. The summed E-state index contributed by atoms with van der Waals surface area (Å²) in [6.07, 6.45) is 2.40. The van der Waals surface area contributed by atoms with E-state index in [-0.39, 0.29) is 5.92 Å². The normalized spacial score (nSPS) is 17.5. The molecular weight excluding hydrogens is 304 g/mol. The van der Waals surface area contributed by atoms with E-state index >= 15 is 0 Å². The Balaban J connectivity index is 1.38. The zero-order chi connectivity index (χ0) is 16.4. The Bertz CT molecular complexity index is 798. The number of hydrogen-bond acceptors (Lipinski definition) is 5. The summed E-state index contributed by atoms with van der Waals surface area (Å²) in [4.78, 5) is 4.48. The Kier molecular flexibility index (Phi) is 4.17. The van der Waals surface area contributed by atoms with Gasteiger partial charge in [-0.25, -0.2) is 0 Å². The third kappa shape index (κ3) is 3.26. The Morgan fingerprint density at radius 3 is 2.75 bits per heavy atom. The van der Waals surface area contributed by atoms with Gasteiger partial charge in [-0.15, -0.1) is 0 Å². The summed E-state index contributed by atoms with van der Waals surface area (Å²) in [7, 11) is 0. The first-order valence-electron chi connectivity index (χ1n) is 8.34. The van der Waals surface area contributed by atoms with Crippen LogP contribution >= 0.6 is 0 Å². The van der Waals surface area contributed by atoms with Gasteiger partial charge >= 0.3 is 0 Å². The molecule has 0 N–H and O–H groups in total. The number of nitrogens with zero attached hydrogens (tertiary/aromatic N) is 2. The Morgan fingerprint density at radius 2 is 1.96 bits per heavy atom. The highest BCUT2D eigenvalue weighted by molar-refractivity contribution is 5.57. The number of rotatable bonds is 5. The largest absolute Gasteiger partial charge is 0.461 e. The van der Waals surface area contributed by atoms with Crippen molar-refractivity contribution in [3.05, 3.63) is 59.4 Å². The van der Waals surface area contributed by atoms with E-state index in [0.717, 1.165) is 42.4 Å². The van der Waals surface area contributed by atoms with Crippen LogP contribution in [-0.4, -0.2) is 23.4 Å². The highest BCUT2D eigenvalue weighted by Crippen LogP contribution is 2.24. The van der Waals surface area contributed by atoms with Crippen molar-refractivity contribution in [1.29, 1.82) is 0 Å². The third-order valence-electron chi connectivity index (χ3n) is 4.36. The van der Waals surface area contributed by atoms with Gasteiger partial charge in [0.15, 0.2) is 5.82 Å². The molecule has 1 saturated heterocycles. The van der Waals surface area contributed by atoms with Gasteiger partial charge in [0.25, 0.3) is 0 Å². The smallest absolute Gasteiger partial charge is 0.227 e. The molecule has 5 nitrogen and oxygen atoms in total. The van der Waals surface area contributed by atoms with Crippen molar-refractivity contribution in [2.45, 2.75) is 32.1 Å².